The van der Waals surface area contributed by atoms with Crippen molar-refractivity contribution in [1.82, 2.24) is 10.2 Å². The lowest BCUT2D eigenvalue weighted by molar-refractivity contribution is -0.131. The van der Waals surface area contributed by atoms with Crippen molar-refractivity contribution in [3.8, 4) is 0 Å². The van der Waals surface area contributed by atoms with Crippen LogP contribution < -0.4 is 10.6 Å². The molecule has 1 aliphatic heterocycles. The summed E-state index contributed by atoms with van der Waals surface area (Å²) in [7, 11) is 3.34. The van der Waals surface area contributed by atoms with Crippen LogP contribution in [0.15, 0.2) is 24.3 Å². The maximum atomic E-state index is 11.8. The van der Waals surface area contributed by atoms with Gasteiger partial charge in [0, 0.05) is 38.7 Å². The van der Waals surface area contributed by atoms with E-state index in [9.17, 15) is 9.59 Å². The van der Waals surface area contributed by atoms with Crippen molar-refractivity contribution in [2.75, 3.05) is 32.5 Å². The Morgan fingerprint density at radius 1 is 1.37 bits per heavy atom. The Labute approximate surface area is 113 Å². The van der Waals surface area contributed by atoms with E-state index in [2.05, 4.69) is 10.6 Å². The smallest absolute Gasteiger partial charge is 0.241 e. The molecule has 0 spiro atoms. The molecule has 2 N–H and O–H groups in total. The first-order chi connectivity index (χ1) is 9.08. The van der Waals surface area contributed by atoms with Crippen LogP contribution in [0.5, 0.6) is 0 Å². The van der Waals surface area contributed by atoms with E-state index in [-0.39, 0.29) is 24.3 Å². The minimum Gasteiger partial charge on any atom is -0.384 e. The molecule has 0 saturated heterocycles. The first-order valence-electron chi connectivity index (χ1n) is 6.37. The van der Waals surface area contributed by atoms with E-state index >= 15 is 0 Å². The van der Waals surface area contributed by atoms with E-state index < -0.39 is 0 Å². The van der Waals surface area contributed by atoms with Crippen molar-refractivity contribution < 1.29 is 9.59 Å². The Morgan fingerprint density at radius 3 is 2.84 bits per heavy atom. The Morgan fingerprint density at radius 2 is 2.11 bits per heavy atom. The Bertz CT molecular complexity index is 485. The van der Waals surface area contributed by atoms with Crippen molar-refractivity contribution in [2.45, 2.75) is 12.3 Å². The summed E-state index contributed by atoms with van der Waals surface area (Å²) >= 11 is 0. The number of rotatable bonds is 4. The van der Waals surface area contributed by atoms with Gasteiger partial charge in [0.1, 0.15) is 0 Å². The van der Waals surface area contributed by atoms with Gasteiger partial charge in [-0.3, -0.25) is 9.59 Å². The number of carbonyl (C=O) groups excluding carboxylic acids is 2. The highest BCUT2D eigenvalue weighted by molar-refractivity contribution is 5.85. The van der Waals surface area contributed by atoms with Crippen molar-refractivity contribution in [3.63, 3.8) is 0 Å². The number of amides is 2. The zero-order chi connectivity index (χ0) is 13.8. The maximum absolute atomic E-state index is 11.8. The van der Waals surface area contributed by atoms with Crippen LogP contribution in [0, 0.1) is 0 Å². The van der Waals surface area contributed by atoms with E-state index in [1.807, 2.05) is 24.3 Å². The summed E-state index contributed by atoms with van der Waals surface area (Å²) in [5, 5.41) is 5.95. The van der Waals surface area contributed by atoms with E-state index in [0.29, 0.717) is 6.42 Å². The zero-order valence-corrected chi connectivity index (χ0v) is 11.3. The number of benzene rings is 1. The van der Waals surface area contributed by atoms with Crippen molar-refractivity contribution in [1.29, 1.82) is 0 Å². The van der Waals surface area contributed by atoms with Gasteiger partial charge in [0.05, 0.1) is 6.54 Å². The second-order valence-electron chi connectivity index (χ2n) is 4.93. The highest BCUT2D eigenvalue weighted by Gasteiger charge is 2.24. The van der Waals surface area contributed by atoms with E-state index in [1.54, 1.807) is 14.1 Å². The summed E-state index contributed by atoms with van der Waals surface area (Å²) in [6.45, 7) is 0.835. The molecule has 102 valence electrons. The van der Waals surface area contributed by atoms with Gasteiger partial charge in [0.15, 0.2) is 0 Å². The summed E-state index contributed by atoms with van der Waals surface area (Å²) in [6, 6.07) is 8.01. The first kappa shape index (κ1) is 13.4. The predicted molar refractivity (Wildman–Crippen MR) is 74.0 cm³/mol. The molecule has 1 atom stereocenters. The Kier molecular flexibility index (Phi) is 4.04. The molecule has 2 amide bonds. The average Bonchev–Trinajstić information content (AvgIpc) is 2.79. The zero-order valence-electron chi connectivity index (χ0n) is 11.3. The highest BCUT2D eigenvalue weighted by atomic mass is 16.2. The lowest BCUT2D eigenvalue weighted by Gasteiger charge is -2.13. The maximum Gasteiger partial charge on any atom is 0.241 e. The van der Waals surface area contributed by atoms with E-state index in [4.69, 9.17) is 0 Å². The molecular formula is C14H19N3O2. The number of carbonyl (C=O) groups is 2. The molecule has 5 nitrogen and oxygen atoms in total. The fourth-order valence-corrected chi connectivity index (χ4v) is 2.17. The molecule has 5 heteroatoms. The quantitative estimate of drug-likeness (QED) is 0.842. The molecule has 1 aromatic carbocycles. The molecular weight excluding hydrogens is 242 g/mol. The van der Waals surface area contributed by atoms with Crippen LogP contribution in [-0.4, -0.2) is 43.9 Å². The minimum absolute atomic E-state index is 0.0631. The third-order valence-electron chi connectivity index (χ3n) is 3.31. The van der Waals surface area contributed by atoms with Gasteiger partial charge < -0.3 is 15.5 Å². The summed E-state index contributed by atoms with van der Waals surface area (Å²) < 4.78 is 0. The number of nitrogens with one attached hydrogen (secondary N) is 2. The number of hydrogen-bond acceptors (Lipinski definition) is 3. The monoisotopic (exact) mass is 261 g/mol. The number of para-hydroxylation sites is 1. The van der Waals surface area contributed by atoms with Gasteiger partial charge in [-0.05, 0) is 11.6 Å². The molecule has 0 aromatic heterocycles. The van der Waals surface area contributed by atoms with Gasteiger partial charge in [-0.25, -0.2) is 0 Å². The molecule has 0 radical (unpaired) electrons. The third kappa shape index (κ3) is 3.24. The van der Waals surface area contributed by atoms with Crippen molar-refractivity contribution >= 4 is 17.5 Å². The van der Waals surface area contributed by atoms with Gasteiger partial charge >= 0.3 is 0 Å². The topological polar surface area (TPSA) is 61.4 Å². The van der Waals surface area contributed by atoms with Gasteiger partial charge in [0.2, 0.25) is 11.8 Å². The molecule has 0 bridgehead atoms. The van der Waals surface area contributed by atoms with Crippen LogP contribution in [0.25, 0.3) is 0 Å². The molecule has 0 fully saturated rings. The molecule has 0 aliphatic carbocycles. The largest absolute Gasteiger partial charge is 0.384 e. The SMILES string of the molecule is CN(C)C(=O)CNC(=O)CC1CNc2ccccc21. The predicted octanol–water partition coefficient (Wildman–Crippen LogP) is 0.790. The van der Waals surface area contributed by atoms with Crippen molar-refractivity contribution in [2.24, 2.45) is 0 Å². The van der Waals surface area contributed by atoms with Crippen molar-refractivity contribution in [3.05, 3.63) is 29.8 Å². The second-order valence-corrected chi connectivity index (χ2v) is 4.93. The normalized spacial score (nSPS) is 16.4. The lowest BCUT2D eigenvalue weighted by Crippen LogP contribution is -2.36. The molecule has 2 rings (SSSR count). The summed E-state index contributed by atoms with van der Waals surface area (Å²) in [6.07, 6.45) is 0.407. The fraction of sp³-hybridized carbons (Fsp3) is 0.429. The first-order valence-corrected chi connectivity index (χ1v) is 6.37. The van der Waals surface area contributed by atoms with Gasteiger partial charge in [-0.15, -0.1) is 0 Å². The van der Waals surface area contributed by atoms with Gasteiger partial charge in [-0.1, -0.05) is 18.2 Å². The van der Waals surface area contributed by atoms with Gasteiger partial charge in [-0.2, -0.15) is 0 Å². The summed E-state index contributed by atoms with van der Waals surface area (Å²) in [4.78, 5) is 24.7. The van der Waals surface area contributed by atoms with Crippen LogP contribution in [0.3, 0.4) is 0 Å². The summed E-state index contributed by atoms with van der Waals surface area (Å²) in [5.41, 5.74) is 2.28. The molecule has 1 aromatic rings. The number of fused-ring (bicyclic) bond motifs is 1. The summed E-state index contributed by atoms with van der Waals surface area (Å²) in [5.74, 6) is 0.00246. The molecule has 1 unspecified atom stereocenters. The van der Waals surface area contributed by atoms with Crippen LogP contribution >= 0.6 is 0 Å². The standard InChI is InChI=1S/C14H19N3O2/c1-17(2)14(19)9-16-13(18)7-10-8-15-12-6-4-3-5-11(10)12/h3-6,10,15H,7-9H2,1-2H3,(H,16,18). The van der Waals surface area contributed by atoms with Gasteiger partial charge in [0.25, 0.3) is 0 Å². The minimum atomic E-state index is -0.0988. The van der Waals surface area contributed by atoms with Crippen LogP contribution in [0.4, 0.5) is 5.69 Å². The van der Waals surface area contributed by atoms with Crippen LogP contribution in [0.2, 0.25) is 0 Å². The Balaban J connectivity index is 1.86. The molecule has 1 aliphatic rings. The average molecular weight is 261 g/mol. The highest BCUT2D eigenvalue weighted by Crippen LogP contribution is 2.32. The van der Waals surface area contributed by atoms with E-state index in [1.165, 1.54) is 10.5 Å². The lowest BCUT2D eigenvalue weighted by atomic mass is 9.97. The number of anilines is 1. The second kappa shape index (κ2) is 5.73. The molecule has 19 heavy (non-hydrogen) atoms. The Hall–Kier alpha value is -2.04. The van der Waals surface area contributed by atoms with Crippen LogP contribution in [-0.2, 0) is 9.59 Å². The molecule has 1 heterocycles. The number of nitrogens with zero attached hydrogens (tertiary/aromatic N) is 1. The number of hydrogen-bond donors (Lipinski definition) is 2. The molecule has 0 saturated carbocycles. The number of likely N-dealkylation sites (N-methyl/N-ethyl adjacent to an activating group) is 1. The van der Waals surface area contributed by atoms with Crippen LogP contribution in [0.1, 0.15) is 17.9 Å². The third-order valence-corrected chi connectivity index (χ3v) is 3.31. The fourth-order valence-electron chi connectivity index (χ4n) is 2.17. The van der Waals surface area contributed by atoms with E-state index in [0.717, 1.165) is 12.2 Å².